The Labute approximate surface area is 124 Å². The highest BCUT2D eigenvalue weighted by molar-refractivity contribution is 9.10. The molecule has 3 nitrogen and oxygen atoms in total. The number of anilines is 1. The Hall–Kier alpha value is -2.20. The fourth-order valence-electron chi connectivity index (χ4n) is 2.07. The molecule has 0 atom stereocenters. The third kappa shape index (κ3) is 2.42. The van der Waals surface area contributed by atoms with Gasteiger partial charge in [-0.05, 0) is 40.2 Å². The number of nitrogens with zero attached hydrogens (tertiary/aromatic N) is 1. The van der Waals surface area contributed by atoms with Crippen molar-refractivity contribution in [2.75, 3.05) is 5.32 Å². The Morgan fingerprint density at radius 2 is 1.90 bits per heavy atom. The van der Waals surface area contributed by atoms with Crippen LogP contribution in [0, 0.1) is 0 Å². The summed E-state index contributed by atoms with van der Waals surface area (Å²) in [6.07, 6.45) is 3.50. The van der Waals surface area contributed by atoms with E-state index in [0.717, 1.165) is 20.9 Å². The molecule has 0 unspecified atom stereocenters. The number of pyridine rings is 1. The van der Waals surface area contributed by atoms with Gasteiger partial charge in [0, 0.05) is 33.3 Å². The molecule has 0 radical (unpaired) electrons. The number of hydrogen-bond acceptors (Lipinski definition) is 2. The molecule has 2 aromatic carbocycles. The predicted molar refractivity (Wildman–Crippen MR) is 83.8 cm³/mol. The minimum Gasteiger partial charge on any atom is -0.321 e. The molecule has 3 rings (SSSR count). The Morgan fingerprint density at radius 3 is 2.75 bits per heavy atom. The monoisotopic (exact) mass is 326 g/mol. The molecular formula is C16H11BrN2O. The SMILES string of the molecule is O=C(Nc1cccc2cnccc12)c1ccccc1Br. The van der Waals surface area contributed by atoms with Gasteiger partial charge in [-0.15, -0.1) is 0 Å². The third-order valence-corrected chi connectivity index (χ3v) is 3.74. The zero-order valence-electron chi connectivity index (χ0n) is 10.5. The van der Waals surface area contributed by atoms with Gasteiger partial charge in [0.25, 0.3) is 5.91 Å². The van der Waals surface area contributed by atoms with Gasteiger partial charge < -0.3 is 5.32 Å². The molecule has 3 aromatic rings. The smallest absolute Gasteiger partial charge is 0.256 e. The summed E-state index contributed by atoms with van der Waals surface area (Å²) in [7, 11) is 0. The van der Waals surface area contributed by atoms with Crippen molar-refractivity contribution in [3.05, 3.63) is 71.0 Å². The van der Waals surface area contributed by atoms with E-state index in [4.69, 9.17) is 0 Å². The van der Waals surface area contributed by atoms with Gasteiger partial charge >= 0.3 is 0 Å². The van der Waals surface area contributed by atoms with Crippen molar-refractivity contribution in [3.8, 4) is 0 Å². The van der Waals surface area contributed by atoms with Crippen molar-refractivity contribution in [2.45, 2.75) is 0 Å². The molecule has 20 heavy (non-hydrogen) atoms. The molecule has 1 aromatic heterocycles. The highest BCUT2D eigenvalue weighted by atomic mass is 79.9. The van der Waals surface area contributed by atoms with Crippen molar-refractivity contribution in [3.63, 3.8) is 0 Å². The molecule has 98 valence electrons. The molecule has 1 heterocycles. The second-order valence-electron chi connectivity index (χ2n) is 4.34. The van der Waals surface area contributed by atoms with Crippen LogP contribution in [0.2, 0.25) is 0 Å². The normalized spacial score (nSPS) is 10.4. The van der Waals surface area contributed by atoms with E-state index in [-0.39, 0.29) is 5.91 Å². The zero-order valence-corrected chi connectivity index (χ0v) is 12.1. The molecular weight excluding hydrogens is 316 g/mol. The van der Waals surface area contributed by atoms with Crippen LogP contribution in [0.5, 0.6) is 0 Å². The molecule has 0 aliphatic rings. The molecule has 1 amide bonds. The number of fused-ring (bicyclic) bond motifs is 1. The van der Waals surface area contributed by atoms with Crippen molar-refractivity contribution < 1.29 is 4.79 Å². The van der Waals surface area contributed by atoms with Crippen molar-refractivity contribution in [2.24, 2.45) is 0 Å². The number of nitrogens with one attached hydrogen (secondary N) is 1. The second-order valence-corrected chi connectivity index (χ2v) is 5.19. The summed E-state index contributed by atoms with van der Waals surface area (Å²) in [6.45, 7) is 0. The molecule has 0 saturated carbocycles. The number of amides is 1. The van der Waals surface area contributed by atoms with Crippen LogP contribution in [0.15, 0.2) is 65.4 Å². The van der Waals surface area contributed by atoms with Crippen LogP contribution in [-0.2, 0) is 0 Å². The van der Waals surface area contributed by atoms with Gasteiger partial charge in [0.15, 0.2) is 0 Å². The van der Waals surface area contributed by atoms with Gasteiger partial charge in [0.2, 0.25) is 0 Å². The van der Waals surface area contributed by atoms with Gasteiger partial charge in [-0.25, -0.2) is 0 Å². The number of aromatic nitrogens is 1. The minimum absolute atomic E-state index is 0.137. The molecule has 0 fully saturated rings. The summed E-state index contributed by atoms with van der Waals surface area (Å²) in [5.74, 6) is -0.137. The average molecular weight is 327 g/mol. The fraction of sp³-hybridized carbons (Fsp3) is 0. The molecule has 0 aliphatic carbocycles. The zero-order chi connectivity index (χ0) is 13.9. The second kappa shape index (κ2) is 5.43. The number of hydrogen-bond donors (Lipinski definition) is 1. The largest absolute Gasteiger partial charge is 0.321 e. The van der Waals surface area contributed by atoms with Gasteiger partial charge in [-0.1, -0.05) is 24.3 Å². The van der Waals surface area contributed by atoms with Crippen LogP contribution in [0.4, 0.5) is 5.69 Å². The standard InChI is InChI=1S/C16H11BrN2O/c17-14-6-2-1-5-13(14)16(20)19-15-7-3-4-11-10-18-9-8-12(11)15/h1-10H,(H,19,20). The number of halogens is 1. The first-order chi connectivity index (χ1) is 9.75. The summed E-state index contributed by atoms with van der Waals surface area (Å²) in [5, 5.41) is 4.92. The summed E-state index contributed by atoms with van der Waals surface area (Å²) in [5.41, 5.74) is 1.39. The summed E-state index contributed by atoms with van der Waals surface area (Å²) >= 11 is 3.39. The Bertz CT molecular complexity index is 781. The quantitative estimate of drug-likeness (QED) is 0.764. The van der Waals surface area contributed by atoms with E-state index in [1.54, 1.807) is 18.5 Å². The highest BCUT2D eigenvalue weighted by Crippen LogP contribution is 2.24. The van der Waals surface area contributed by atoms with Crippen molar-refractivity contribution in [1.29, 1.82) is 0 Å². The molecule has 0 aliphatic heterocycles. The fourth-order valence-corrected chi connectivity index (χ4v) is 2.53. The highest BCUT2D eigenvalue weighted by Gasteiger charge is 2.10. The van der Waals surface area contributed by atoms with E-state index in [1.165, 1.54) is 0 Å². The van der Waals surface area contributed by atoms with Gasteiger partial charge in [-0.2, -0.15) is 0 Å². The van der Waals surface area contributed by atoms with Crippen LogP contribution >= 0.6 is 15.9 Å². The molecule has 0 bridgehead atoms. The number of carbonyl (C=O) groups excluding carboxylic acids is 1. The van der Waals surface area contributed by atoms with E-state index in [1.807, 2.05) is 42.5 Å². The minimum atomic E-state index is -0.137. The lowest BCUT2D eigenvalue weighted by Gasteiger charge is -2.09. The lowest BCUT2D eigenvalue weighted by Crippen LogP contribution is -2.12. The van der Waals surface area contributed by atoms with Gasteiger partial charge in [0.1, 0.15) is 0 Å². The molecule has 0 spiro atoms. The van der Waals surface area contributed by atoms with E-state index in [2.05, 4.69) is 26.2 Å². The van der Waals surface area contributed by atoms with E-state index < -0.39 is 0 Å². The maximum atomic E-state index is 12.3. The summed E-state index contributed by atoms with van der Waals surface area (Å²) in [4.78, 5) is 16.4. The first-order valence-corrected chi connectivity index (χ1v) is 6.93. The Kier molecular flexibility index (Phi) is 3.48. The van der Waals surface area contributed by atoms with Crippen molar-refractivity contribution >= 4 is 38.3 Å². The van der Waals surface area contributed by atoms with E-state index in [9.17, 15) is 4.79 Å². The molecule has 4 heteroatoms. The van der Waals surface area contributed by atoms with Crippen LogP contribution in [0.3, 0.4) is 0 Å². The van der Waals surface area contributed by atoms with E-state index in [0.29, 0.717) is 5.56 Å². The number of rotatable bonds is 2. The first-order valence-electron chi connectivity index (χ1n) is 6.14. The number of benzene rings is 2. The third-order valence-electron chi connectivity index (χ3n) is 3.05. The van der Waals surface area contributed by atoms with Gasteiger partial charge in [-0.3, -0.25) is 9.78 Å². The van der Waals surface area contributed by atoms with Crippen LogP contribution < -0.4 is 5.32 Å². The maximum Gasteiger partial charge on any atom is 0.256 e. The van der Waals surface area contributed by atoms with Crippen LogP contribution in [0.1, 0.15) is 10.4 Å². The van der Waals surface area contributed by atoms with Crippen LogP contribution in [-0.4, -0.2) is 10.9 Å². The maximum absolute atomic E-state index is 12.3. The average Bonchev–Trinajstić information content (AvgIpc) is 2.48. The Morgan fingerprint density at radius 1 is 1.05 bits per heavy atom. The molecule has 0 saturated heterocycles. The molecule has 1 N–H and O–H groups in total. The van der Waals surface area contributed by atoms with E-state index >= 15 is 0 Å². The summed E-state index contributed by atoms with van der Waals surface area (Å²) < 4.78 is 0.777. The summed E-state index contributed by atoms with van der Waals surface area (Å²) in [6, 6.07) is 15.0. The van der Waals surface area contributed by atoms with Gasteiger partial charge in [0.05, 0.1) is 5.56 Å². The Balaban J connectivity index is 1.98. The first kappa shape index (κ1) is 12.8. The predicted octanol–water partition coefficient (Wildman–Crippen LogP) is 4.25. The number of carbonyl (C=O) groups is 1. The lowest BCUT2D eigenvalue weighted by molar-refractivity contribution is 0.102. The lowest BCUT2D eigenvalue weighted by atomic mass is 10.1. The van der Waals surface area contributed by atoms with Crippen LogP contribution in [0.25, 0.3) is 10.8 Å². The topological polar surface area (TPSA) is 42.0 Å². The van der Waals surface area contributed by atoms with Crippen molar-refractivity contribution in [1.82, 2.24) is 4.98 Å².